The highest BCUT2D eigenvalue weighted by molar-refractivity contribution is 7.92. The first-order chi connectivity index (χ1) is 21.6. The lowest BCUT2D eigenvalue weighted by Crippen LogP contribution is -2.53. The molecule has 0 saturated carbocycles. The van der Waals surface area contributed by atoms with Gasteiger partial charge in [0.25, 0.3) is 10.0 Å². The average molecular weight is 687 g/mol. The SMILES string of the molecule is CCCCNC(=O)C(Cc1ccccc1)N(Cc1c(Cl)cccc1Cl)C(=O)CN(c1ccccc1)S(=O)(=O)c1ccc(Cl)cc1. The molecule has 11 heteroatoms. The molecule has 0 fully saturated rings. The normalized spacial score (nSPS) is 11.9. The van der Waals surface area contributed by atoms with Crippen LogP contribution in [0.15, 0.2) is 108 Å². The number of carbonyl (C=O) groups is 2. The number of hydrogen-bond donors (Lipinski definition) is 1. The van der Waals surface area contributed by atoms with Gasteiger partial charge in [0.05, 0.1) is 10.6 Å². The smallest absolute Gasteiger partial charge is 0.264 e. The predicted molar refractivity (Wildman–Crippen MR) is 181 cm³/mol. The van der Waals surface area contributed by atoms with Gasteiger partial charge in [-0.15, -0.1) is 0 Å². The summed E-state index contributed by atoms with van der Waals surface area (Å²) in [6.07, 6.45) is 1.81. The van der Waals surface area contributed by atoms with Gasteiger partial charge in [-0.1, -0.05) is 103 Å². The van der Waals surface area contributed by atoms with Gasteiger partial charge in [0, 0.05) is 40.1 Å². The number of nitrogens with zero attached hydrogens (tertiary/aromatic N) is 2. The molecule has 4 aromatic rings. The summed E-state index contributed by atoms with van der Waals surface area (Å²) in [5.74, 6) is -0.977. The number of hydrogen-bond acceptors (Lipinski definition) is 4. The zero-order valence-electron chi connectivity index (χ0n) is 24.7. The Kier molecular flexibility index (Phi) is 12.3. The van der Waals surface area contributed by atoms with Crippen LogP contribution in [0.4, 0.5) is 5.69 Å². The number of sulfonamides is 1. The summed E-state index contributed by atoms with van der Waals surface area (Å²) in [4.78, 5) is 29.6. The Balaban J connectivity index is 1.80. The quantitative estimate of drug-likeness (QED) is 0.140. The highest BCUT2D eigenvalue weighted by atomic mass is 35.5. The van der Waals surface area contributed by atoms with E-state index in [4.69, 9.17) is 34.8 Å². The number of benzene rings is 4. The molecule has 4 rings (SSSR count). The fourth-order valence-electron chi connectivity index (χ4n) is 4.77. The van der Waals surface area contributed by atoms with Crippen LogP contribution in [0.3, 0.4) is 0 Å². The lowest BCUT2D eigenvalue weighted by atomic mass is 10.0. The van der Waals surface area contributed by atoms with Gasteiger partial charge in [0.2, 0.25) is 11.8 Å². The van der Waals surface area contributed by atoms with E-state index in [0.29, 0.717) is 27.2 Å². The molecular formula is C34H34Cl3N3O4S. The lowest BCUT2D eigenvalue weighted by Gasteiger charge is -2.34. The van der Waals surface area contributed by atoms with Crippen LogP contribution in [0.5, 0.6) is 0 Å². The fraction of sp³-hybridized carbons (Fsp3) is 0.235. The van der Waals surface area contributed by atoms with Crippen molar-refractivity contribution in [2.75, 3.05) is 17.4 Å². The molecule has 0 saturated heterocycles. The van der Waals surface area contributed by atoms with Gasteiger partial charge in [-0.3, -0.25) is 13.9 Å². The molecule has 45 heavy (non-hydrogen) atoms. The van der Waals surface area contributed by atoms with Crippen molar-refractivity contribution in [3.05, 3.63) is 129 Å². The van der Waals surface area contributed by atoms with Crippen LogP contribution in [0.2, 0.25) is 15.1 Å². The largest absolute Gasteiger partial charge is 0.354 e. The maximum absolute atomic E-state index is 14.5. The van der Waals surface area contributed by atoms with Crippen LogP contribution in [-0.4, -0.2) is 44.3 Å². The molecule has 236 valence electrons. The fourth-order valence-corrected chi connectivity index (χ4v) is 6.83. The van der Waals surface area contributed by atoms with E-state index >= 15 is 0 Å². The molecule has 1 N–H and O–H groups in total. The van der Waals surface area contributed by atoms with Gasteiger partial charge in [0.15, 0.2) is 0 Å². The van der Waals surface area contributed by atoms with Crippen LogP contribution in [0.25, 0.3) is 0 Å². The Morgan fingerprint density at radius 1 is 0.800 bits per heavy atom. The third-order valence-electron chi connectivity index (χ3n) is 7.22. The first-order valence-corrected chi connectivity index (χ1v) is 17.1. The molecule has 0 aliphatic rings. The topological polar surface area (TPSA) is 86.8 Å². The van der Waals surface area contributed by atoms with E-state index in [1.165, 1.54) is 29.2 Å². The number of nitrogens with one attached hydrogen (secondary N) is 1. The van der Waals surface area contributed by atoms with Crippen LogP contribution in [0.1, 0.15) is 30.9 Å². The van der Waals surface area contributed by atoms with Crippen molar-refractivity contribution < 1.29 is 18.0 Å². The monoisotopic (exact) mass is 685 g/mol. The second-order valence-corrected chi connectivity index (χ2v) is 13.5. The first-order valence-electron chi connectivity index (χ1n) is 14.5. The summed E-state index contributed by atoms with van der Waals surface area (Å²) in [7, 11) is -4.24. The Morgan fingerprint density at radius 3 is 2.00 bits per heavy atom. The van der Waals surface area contributed by atoms with Gasteiger partial charge in [-0.05, 0) is 60.5 Å². The van der Waals surface area contributed by atoms with Crippen molar-refractivity contribution in [3.8, 4) is 0 Å². The molecule has 1 atom stereocenters. The zero-order chi connectivity index (χ0) is 32.4. The van der Waals surface area contributed by atoms with E-state index in [2.05, 4.69) is 5.32 Å². The standard InChI is InChI=1S/C34H34Cl3N3O4S/c1-2-3-21-38-34(42)32(22-25-11-6-4-7-12-25)39(23-29-30(36)15-10-16-31(29)37)33(41)24-40(27-13-8-5-9-14-27)45(43,44)28-19-17-26(35)18-20-28/h4-20,32H,2-3,21-24H2,1H3,(H,38,42). The van der Waals surface area contributed by atoms with Gasteiger partial charge >= 0.3 is 0 Å². The van der Waals surface area contributed by atoms with Gasteiger partial charge < -0.3 is 10.2 Å². The molecule has 0 aromatic heterocycles. The number of carbonyl (C=O) groups excluding carboxylic acids is 2. The third kappa shape index (κ3) is 9.01. The summed E-state index contributed by atoms with van der Waals surface area (Å²) in [6, 6.07) is 27.4. The molecule has 0 bridgehead atoms. The highest BCUT2D eigenvalue weighted by Crippen LogP contribution is 2.29. The van der Waals surface area contributed by atoms with E-state index in [1.807, 2.05) is 37.3 Å². The molecule has 0 spiro atoms. The van der Waals surface area contributed by atoms with Crippen LogP contribution in [-0.2, 0) is 32.6 Å². The van der Waals surface area contributed by atoms with Gasteiger partial charge in [-0.2, -0.15) is 0 Å². The molecule has 0 radical (unpaired) electrons. The highest BCUT2D eigenvalue weighted by Gasteiger charge is 2.35. The average Bonchev–Trinajstić information content (AvgIpc) is 3.03. The number of unbranched alkanes of at least 4 members (excludes halogenated alkanes) is 1. The summed E-state index contributed by atoms with van der Waals surface area (Å²) < 4.78 is 29.1. The van der Waals surface area contributed by atoms with E-state index in [-0.39, 0.29) is 29.5 Å². The molecule has 0 aliphatic heterocycles. The minimum absolute atomic E-state index is 0.0394. The number of rotatable bonds is 14. The minimum atomic E-state index is -4.24. The number of anilines is 1. The summed E-state index contributed by atoms with van der Waals surface area (Å²) >= 11 is 19.1. The molecular weight excluding hydrogens is 653 g/mol. The van der Waals surface area contributed by atoms with Crippen LogP contribution >= 0.6 is 34.8 Å². The Bertz CT molecular complexity index is 1670. The first kappa shape index (κ1) is 34.3. The Labute approximate surface area is 279 Å². The predicted octanol–water partition coefficient (Wildman–Crippen LogP) is 7.40. The van der Waals surface area contributed by atoms with Crippen LogP contribution < -0.4 is 9.62 Å². The maximum atomic E-state index is 14.5. The maximum Gasteiger partial charge on any atom is 0.264 e. The molecule has 0 aliphatic carbocycles. The van der Waals surface area contributed by atoms with Crippen molar-refractivity contribution in [1.29, 1.82) is 0 Å². The van der Waals surface area contributed by atoms with Crippen molar-refractivity contribution in [2.24, 2.45) is 0 Å². The number of para-hydroxylation sites is 1. The molecule has 1 unspecified atom stereocenters. The molecule has 0 heterocycles. The van der Waals surface area contributed by atoms with Crippen molar-refractivity contribution >= 4 is 62.3 Å². The van der Waals surface area contributed by atoms with Crippen LogP contribution in [0, 0.1) is 0 Å². The second-order valence-electron chi connectivity index (χ2n) is 10.4. The number of amides is 2. The third-order valence-corrected chi connectivity index (χ3v) is 9.96. The lowest BCUT2D eigenvalue weighted by molar-refractivity contribution is -0.140. The molecule has 7 nitrogen and oxygen atoms in total. The van der Waals surface area contributed by atoms with Crippen molar-refractivity contribution in [1.82, 2.24) is 10.2 Å². The Morgan fingerprint density at radius 2 is 1.40 bits per heavy atom. The second kappa shape index (κ2) is 16.1. The van der Waals surface area contributed by atoms with Gasteiger partial charge in [-0.25, -0.2) is 8.42 Å². The van der Waals surface area contributed by atoms with Gasteiger partial charge in [0.1, 0.15) is 12.6 Å². The van der Waals surface area contributed by atoms with Crippen molar-refractivity contribution in [3.63, 3.8) is 0 Å². The number of halogens is 3. The summed E-state index contributed by atoms with van der Waals surface area (Å²) in [6.45, 7) is 1.73. The summed E-state index contributed by atoms with van der Waals surface area (Å²) in [5, 5.41) is 3.97. The summed E-state index contributed by atoms with van der Waals surface area (Å²) in [5.41, 5.74) is 1.55. The minimum Gasteiger partial charge on any atom is -0.354 e. The Hall–Kier alpha value is -3.56. The van der Waals surface area contributed by atoms with Crippen molar-refractivity contribution in [2.45, 2.75) is 43.7 Å². The van der Waals surface area contributed by atoms with E-state index in [1.54, 1.807) is 48.5 Å². The van der Waals surface area contributed by atoms with E-state index < -0.39 is 28.5 Å². The zero-order valence-corrected chi connectivity index (χ0v) is 27.8. The molecule has 2 amide bonds. The molecule has 4 aromatic carbocycles. The van der Waals surface area contributed by atoms with E-state index in [9.17, 15) is 18.0 Å². The van der Waals surface area contributed by atoms with E-state index in [0.717, 1.165) is 22.7 Å².